The van der Waals surface area contributed by atoms with Crippen LogP contribution in [0.4, 0.5) is 0 Å². The molecule has 0 aromatic heterocycles. The smallest absolute Gasteiger partial charge is 0.0851 e. The van der Waals surface area contributed by atoms with E-state index in [1.807, 2.05) is 0 Å². The summed E-state index contributed by atoms with van der Waals surface area (Å²) >= 11 is 0. The van der Waals surface area contributed by atoms with Gasteiger partial charge >= 0.3 is 0 Å². The summed E-state index contributed by atoms with van der Waals surface area (Å²) in [6.07, 6.45) is 2.39. The summed E-state index contributed by atoms with van der Waals surface area (Å²) in [4.78, 5) is 0. The van der Waals surface area contributed by atoms with Gasteiger partial charge in [0.25, 0.3) is 0 Å². The zero-order chi connectivity index (χ0) is 12.3. The molecule has 0 saturated heterocycles. The van der Waals surface area contributed by atoms with Crippen LogP contribution in [0.15, 0.2) is 12.3 Å². The molecule has 0 heterocycles. The van der Waals surface area contributed by atoms with E-state index in [4.69, 9.17) is 0 Å². The zero-order valence-electron chi connectivity index (χ0n) is 11.7. The van der Waals surface area contributed by atoms with Gasteiger partial charge in [-0.25, -0.2) is 0 Å². The van der Waals surface area contributed by atoms with Crippen LogP contribution >= 0.6 is 0 Å². The van der Waals surface area contributed by atoms with Gasteiger partial charge < -0.3 is 5.32 Å². The van der Waals surface area contributed by atoms with Crippen molar-refractivity contribution >= 4 is 16.1 Å². The fourth-order valence-electron chi connectivity index (χ4n) is 1.03. The van der Waals surface area contributed by atoms with Crippen molar-refractivity contribution in [3.63, 3.8) is 0 Å². The average molecular weight is 244 g/mol. The molecule has 0 amide bonds. The Morgan fingerprint density at radius 1 is 1.07 bits per heavy atom. The summed E-state index contributed by atoms with van der Waals surface area (Å²) in [6, 6.07) is 0. The van der Waals surface area contributed by atoms with E-state index in [-0.39, 0.29) is 0 Å². The highest BCUT2D eigenvalue weighted by atomic mass is 28.3. The third-order valence-electron chi connectivity index (χ3n) is 3.73. The van der Waals surface area contributed by atoms with Gasteiger partial charge in [-0.1, -0.05) is 47.0 Å². The topological polar surface area (TPSA) is 12.0 Å². The van der Waals surface area contributed by atoms with E-state index in [1.54, 1.807) is 0 Å². The highest BCUT2D eigenvalue weighted by Crippen LogP contribution is 2.35. The summed E-state index contributed by atoms with van der Waals surface area (Å²) in [5, 5.41) is 4.16. The summed E-state index contributed by atoms with van der Waals surface area (Å²) in [5.74, 6) is 0. The summed E-state index contributed by atoms with van der Waals surface area (Å²) in [7, 11) is -2.30. The van der Waals surface area contributed by atoms with Crippen molar-refractivity contribution in [1.29, 1.82) is 0 Å². The molecule has 0 bridgehead atoms. The maximum absolute atomic E-state index is 3.93. The molecule has 1 nitrogen and oxygen atoms in total. The van der Waals surface area contributed by atoms with Crippen LogP contribution < -0.4 is 5.32 Å². The van der Waals surface area contributed by atoms with Crippen molar-refractivity contribution in [2.45, 2.75) is 52.0 Å². The zero-order valence-corrected chi connectivity index (χ0v) is 13.7. The van der Waals surface area contributed by atoms with E-state index in [2.05, 4.69) is 64.6 Å². The van der Waals surface area contributed by atoms with E-state index in [1.165, 1.54) is 12.3 Å². The lowest BCUT2D eigenvalue weighted by atomic mass is 10.2. The Labute approximate surface area is 98.4 Å². The van der Waals surface area contributed by atoms with E-state index >= 15 is 0 Å². The Kier molecular flexibility index (Phi) is 5.02. The molecular weight excluding hydrogens is 214 g/mol. The Morgan fingerprint density at radius 2 is 1.53 bits per heavy atom. The second-order valence-electron chi connectivity index (χ2n) is 6.93. The molecule has 0 aromatic rings. The van der Waals surface area contributed by atoms with Crippen molar-refractivity contribution in [2.75, 3.05) is 12.3 Å². The van der Waals surface area contributed by atoms with Crippen LogP contribution in [0.3, 0.4) is 0 Å². The lowest BCUT2D eigenvalue weighted by Gasteiger charge is -2.37. The maximum atomic E-state index is 3.93. The molecule has 0 aromatic carbocycles. The predicted octanol–water partition coefficient (Wildman–Crippen LogP) is 3.60. The fraction of sp³-hybridized carbons (Fsp3) is 0.833. The monoisotopic (exact) mass is 243 g/mol. The normalized spacial score (nSPS) is 14.1. The van der Waals surface area contributed by atoms with E-state index in [9.17, 15) is 0 Å². The van der Waals surface area contributed by atoms with E-state index < -0.39 is 16.1 Å². The van der Waals surface area contributed by atoms with Crippen LogP contribution in [0.1, 0.15) is 20.8 Å². The van der Waals surface area contributed by atoms with Gasteiger partial charge in [0, 0.05) is 0 Å². The Balaban J connectivity index is 4.13. The maximum Gasteiger partial charge on any atom is 0.0851 e. The van der Waals surface area contributed by atoms with Crippen molar-refractivity contribution in [2.24, 2.45) is 0 Å². The standard InChI is InChI=1S/C12H29NSi2/c1-9-14(5,6)10-13-11-15(7,8)12(2,3)4/h9,13H,1,10-11H2,2-8H3. The molecule has 0 aliphatic heterocycles. The van der Waals surface area contributed by atoms with Gasteiger partial charge in [0.1, 0.15) is 0 Å². The molecular formula is C12H29NSi2. The third-order valence-corrected chi connectivity index (χ3v) is 11.2. The molecule has 0 unspecified atom stereocenters. The number of nitrogens with one attached hydrogen (secondary N) is 1. The first kappa shape index (κ1) is 15.1. The minimum atomic E-state index is -1.16. The Hall–Kier alpha value is 0.134. The summed E-state index contributed by atoms with van der Waals surface area (Å²) in [5.41, 5.74) is 2.17. The Bertz CT molecular complexity index is 214. The molecule has 0 rings (SSSR count). The van der Waals surface area contributed by atoms with E-state index in [0.29, 0.717) is 5.04 Å². The van der Waals surface area contributed by atoms with E-state index in [0.717, 1.165) is 0 Å². The second-order valence-corrected chi connectivity index (χ2v) is 17.3. The molecule has 0 radical (unpaired) electrons. The van der Waals surface area contributed by atoms with Crippen molar-refractivity contribution in [3.05, 3.63) is 12.3 Å². The van der Waals surface area contributed by atoms with Gasteiger partial charge in [0.2, 0.25) is 0 Å². The summed E-state index contributed by atoms with van der Waals surface area (Å²) in [6.45, 7) is 20.7. The molecule has 15 heavy (non-hydrogen) atoms. The van der Waals surface area contributed by atoms with Crippen LogP contribution in [0, 0.1) is 0 Å². The minimum Gasteiger partial charge on any atom is -0.322 e. The predicted molar refractivity (Wildman–Crippen MR) is 77.7 cm³/mol. The Morgan fingerprint density at radius 3 is 1.87 bits per heavy atom. The molecule has 0 saturated carbocycles. The first-order valence-corrected chi connectivity index (χ1v) is 12.4. The van der Waals surface area contributed by atoms with Crippen molar-refractivity contribution in [1.82, 2.24) is 5.32 Å². The quantitative estimate of drug-likeness (QED) is 0.728. The van der Waals surface area contributed by atoms with Gasteiger partial charge in [0.15, 0.2) is 0 Å². The van der Waals surface area contributed by atoms with Gasteiger partial charge in [0.05, 0.1) is 16.1 Å². The minimum absolute atomic E-state index is 0.486. The summed E-state index contributed by atoms with van der Waals surface area (Å²) < 4.78 is 0. The van der Waals surface area contributed by atoms with Gasteiger partial charge in [-0.3, -0.25) is 0 Å². The average Bonchev–Trinajstić information content (AvgIpc) is 2.01. The molecule has 1 N–H and O–H groups in total. The largest absolute Gasteiger partial charge is 0.322 e. The second kappa shape index (κ2) is 4.98. The highest BCUT2D eigenvalue weighted by molar-refractivity contribution is 6.83. The molecule has 0 spiro atoms. The first-order chi connectivity index (χ1) is 6.52. The molecule has 3 heteroatoms. The first-order valence-electron chi connectivity index (χ1n) is 5.86. The van der Waals surface area contributed by atoms with Crippen LogP contribution in [0.25, 0.3) is 0 Å². The molecule has 0 aliphatic carbocycles. The van der Waals surface area contributed by atoms with Crippen molar-refractivity contribution in [3.8, 4) is 0 Å². The number of hydrogen-bond donors (Lipinski definition) is 1. The van der Waals surface area contributed by atoms with Gasteiger partial charge in [-0.2, -0.15) is 0 Å². The number of hydrogen-bond acceptors (Lipinski definition) is 1. The third kappa shape index (κ3) is 5.13. The van der Waals surface area contributed by atoms with Gasteiger partial charge in [-0.05, 0) is 17.4 Å². The van der Waals surface area contributed by atoms with Gasteiger partial charge in [-0.15, -0.1) is 12.3 Å². The lowest BCUT2D eigenvalue weighted by molar-refractivity contribution is 0.700. The molecule has 90 valence electrons. The fourth-order valence-corrected chi connectivity index (χ4v) is 3.48. The van der Waals surface area contributed by atoms with Crippen LogP contribution in [0.2, 0.25) is 31.2 Å². The lowest BCUT2D eigenvalue weighted by Crippen LogP contribution is -2.50. The molecule has 0 aliphatic rings. The number of rotatable bonds is 5. The van der Waals surface area contributed by atoms with Crippen LogP contribution in [-0.2, 0) is 0 Å². The highest BCUT2D eigenvalue weighted by Gasteiger charge is 2.34. The van der Waals surface area contributed by atoms with Crippen LogP contribution in [0.5, 0.6) is 0 Å². The SMILES string of the molecule is C=C[Si](C)(C)CNC[Si](C)(C)C(C)(C)C. The molecule has 0 fully saturated rings. The molecule has 0 atom stereocenters. The van der Waals surface area contributed by atoms with Crippen molar-refractivity contribution < 1.29 is 0 Å². The van der Waals surface area contributed by atoms with Crippen LogP contribution in [-0.4, -0.2) is 28.5 Å².